The molecule has 2 aromatic heterocycles. The maximum Gasteiger partial charge on any atom is 0.259 e. The summed E-state index contributed by atoms with van der Waals surface area (Å²) in [5, 5.41) is 14.9. The van der Waals surface area contributed by atoms with Crippen molar-refractivity contribution in [2.24, 2.45) is 5.92 Å². The highest BCUT2D eigenvalue weighted by Crippen LogP contribution is 2.41. The first-order valence-electron chi connectivity index (χ1n) is 9.78. The molecule has 1 atom stereocenters. The van der Waals surface area contributed by atoms with Crippen molar-refractivity contribution >= 4 is 27.5 Å². The molecule has 0 saturated heterocycles. The Labute approximate surface area is 183 Å². The van der Waals surface area contributed by atoms with Crippen LogP contribution in [-0.4, -0.2) is 42.2 Å². The molecule has 0 bridgehead atoms. The van der Waals surface area contributed by atoms with Gasteiger partial charge in [-0.3, -0.25) is 4.79 Å². The lowest BCUT2D eigenvalue weighted by molar-refractivity contribution is -0.124. The fourth-order valence-electron chi connectivity index (χ4n) is 3.51. The van der Waals surface area contributed by atoms with Crippen LogP contribution < -0.4 is 19.5 Å². The third-order valence-electron chi connectivity index (χ3n) is 5.40. The number of hydrogen-bond donors (Lipinski definition) is 1. The Hall–Kier alpha value is -3.38. The number of nitriles is 1. The van der Waals surface area contributed by atoms with E-state index in [1.54, 1.807) is 21.1 Å². The molecule has 1 aromatic carbocycles. The van der Waals surface area contributed by atoms with Crippen LogP contribution in [0, 0.1) is 17.2 Å². The average Bonchev–Trinajstić information content (AvgIpc) is 3.57. The molecule has 160 valence electrons. The van der Waals surface area contributed by atoms with Crippen LogP contribution in [-0.2, 0) is 4.79 Å². The number of methoxy groups -OCH3 is 2. The molecule has 1 fully saturated rings. The predicted octanol–water partition coefficient (Wildman–Crippen LogP) is 3.56. The van der Waals surface area contributed by atoms with E-state index < -0.39 is 5.54 Å². The molecule has 8 nitrogen and oxygen atoms in total. The van der Waals surface area contributed by atoms with E-state index in [1.165, 1.54) is 17.7 Å². The second-order valence-corrected chi connectivity index (χ2v) is 8.36. The van der Waals surface area contributed by atoms with Gasteiger partial charge in [-0.1, -0.05) is 6.07 Å². The topological polar surface area (TPSA) is 106 Å². The second kappa shape index (κ2) is 8.40. The third kappa shape index (κ3) is 4.11. The molecule has 31 heavy (non-hydrogen) atoms. The number of benzene rings is 1. The van der Waals surface area contributed by atoms with Gasteiger partial charge in [0, 0.05) is 10.9 Å². The number of carbonyl (C=O) groups excluding carboxylic acids is 1. The molecule has 1 amide bonds. The summed E-state index contributed by atoms with van der Waals surface area (Å²) in [5.74, 6) is 1.39. The lowest BCUT2D eigenvalue weighted by atomic mass is 9.98. The fourth-order valence-corrected chi connectivity index (χ4v) is 4.42. The lowest BCUT2D eigenvalue weighted by Crippen LogP contribution is -2.48. The molecule has 0 spiro atoms. The number of carbonyl (C=O) groups is 1. The Morgan fingerprint density at radius 3 is 2.74 bits per heavy atom. The van der Waals surface area contributed by atoms with Crippen molar-refractivity contribution in [3.8, 4) is 34.6 Å². The minimum absolute atomic E-state index is 0.195. The number of nitrogens with one attached hydrogen (secondary N) is 1. The molecule has 4 rings (SSSR count). The first-order chi connectivity index (χ1) is 15.0. The minimum atomic E-state index is -0.866. The highest BCUT2D eigenvalue weighted by molar-refractivity contribution is 7.17. The molecule has 1 saturated carbocycles. The Balaban J connectivity index is 1.59. The highest BCUT2D eigenvalue weighted by Gasteiger charge is 2.43. The van der Waals surface area contributed by atoms with Crippen LogP contribution >= 0.6 is 11.3 Å². The van der Waals surface area contributed by atoms with Gasteiger partial charge in [-0.15, -0.1) is 11.3 Å². The van der Waals surface area contributed by atoms with Gasteiger partial charge in [-0.2, -0.15) is 5.26 Å². The maximum atomic E-state index is 12.4. The van der Waals surface area contributed by atoms with Crippen LogP contribution in [0.3, 0.4) is 0 Å². The van der Waals surface area contributed by atoms with E-state index in [4.69, 9.17) is 14.2 Å². The number of ether oxygens (including phenoxy) is 3. The van der Waals surface area contributed by atoms with E-state index in [0.29, 0.717) is 17.4 Å². The number of hydrogen-bond acceptors (Lipinski definition) is 8. The first kappa shape index (κ1) is 20.9. The van der Waals surface area contributed by atoms with Crippen LogP contribution in [0.4, 0.5) is 0 Å². The van der Waals surface area contributed by atoms with Gasteiger partial charge >= 0.3 is 0 Å². The van der Waals surface area contributed by atoms with Crippen LogP contribution in [0.5, 0.6) is 17.4 Å². The van der Waals surface area contributed by atoms with E-state index in [9.17, 15) is 10.1 Å². The van der Waals surface area contributed by atoms with E-state index >= 15 is 0 Å². The van der Waals surface area contributed by atoms with Gasteiger partial charge in [0.05, 0.1) is 25.7 Å². The molecule has 9 heteroatoms. The summed E-state index contributed by atoms with van der Waals surface area (Å²) >= 11 is 1.46. The predicted molar refractivity (Wildman–Crippen MR) is 116 cm³/mol. The van der Waals surface area contributed by atoms with Crippen LogP contribution in [0.1, 0.15) is 19.8 Å². The lowest BCUT2D eigenvalue weighted by Gasteiger charge is -2.22. The molecule has 1 aliphatic carbocycles. The normalized spacial score (nSPS) is 15.0. The fraction of sp³-hybridized carbons (Fsp3) is 0.364. The Morgan fingerprint density at radius 1 is 1.29 bits per heavy atom. The molecule has 2 heterocycles. The maximum absolute atomic E-state index is 12.4. The van der Waals surface area contributed by atoms with Gasteiger partial charge in [-0.05, 0) is 43.4 Å². The molecular formula is C22H22N4O4S. The van der Waals surface area contributed by atoms with Crippen molar-refractivity contribution in [1.29, 1.82) is 5.26 Å². The van der Waals surface area contributed by atoms with E-state index in [-0.39, 0.29) is 18.4 Å². The number of thiophene rings is 1. The van der Waals surface area contributed by atoms with E-state index in [2.05, 4.69) is 21.4 Å². The summed E-state index contributed by atoms with van der Waals surface area (Å²) in [5.41, 5.74) is 0.893. The SMILES string of the molecule is COc1ccc(-c2csc3ncnc(OCC(=O)NC(C)(C#N)C4CC4)c23)cc1OC. The highest BCUT2D eigenvalue weighted by atomic mass is 32.1. The van der Waals surface area contributed by atoms with Crippen molar-refractivity contribution in [3.05, 3.63) is 29.9 Å². The molecule has 0 radical (unpaired) electrons. The zero-order valence-electron chi connectivity index (χ0n) is 17.5. The minimum Gasteiger partial charge on any atom is -0.493 e. The molecule has 1 aliphatic rings. The third-order valence-corrected chi connectivity index (χ3v) is 6.28. The summed E-state index contributed by atoms with van der Waals surface area (Å²) in [6.45, 7) is 1.51. The molecule has 1 unspecified atom stereocenters. The first-order valence-corrected chi connectivity index (χ1v) is 10.7. The van der Waals surface area contributed by atoms with Crippen LogP contribution in [0.25, 0.3) is 21.3 Å². The van der Waals surface area contributed by atoms with E-state index in [0.717, 1.165) is 34.2 Å². The van der Waals surface area contributed by atoms with Crippen molar-refractivity contribution in [3.63, 3.8) is 0 Å². The number of amides is 1. The summed E-state index contributed by atoms with van der Waals surface area (Å²) < 4.78 is 16.5. The van der Waals surface area contributed by atoms with Gasteiger partial charge in [0.25, 0.3) is 5.91 Å². The standard InChI is InChI=1S/C22H22N4O4S/c1-22(11-23,14-5-6-14)26-18(27)9-30-20-19-15(10-31-21(19)25-12-24-20)13-4-7-16(28-2)17(8-13)29-3/h4,7-8,10,12,14H,5-6,9H2,1-3H3,(H,26,27). The summed E-state index contributed by atoms with van der Waals surface area (Å²) in [7, 11) is 3.17. The second-order valence-electron chi connectivity index (χ2n) is 7.50. The zero-order valence-corrected chi connectivity index (χ0v) is 18.3. The number of fused-ring (bicyclic) bond motifs is 1. The Bertz CT molecular complexity index is 1170. The quantitative estimate of drug-likeness (QED) is 0.573. The summed E-state index contributed by atoms with van der Waals surface area (Å²) in [4.78, 5) is 21.8. The summed E-state index contributed by atoms with van der Waals surface area (Å²) in [6.07, 6.45) is 3.30. The van der Waals surface area contributed by atoms with Gasteiger partial charge in [0.15, 0.2) is 18.1 Å². The van der Waals surface area contributed by atoms with Gasteiger partial charge in [-0.25, -0.2) is 9.97 Å². The Kier molecular flexibility index (Phi) is 5.65. The molecular weight excluding hydrogens is 416 g/mol. The van der Waals surface area contributed by atoms with Crippen molar-refractivity contribution in [2.45, 2.75) is 25.3 Å². The monoisotopic (exact) mass is 438 g/mol. The van der Waals surface area contributed by atoms with Crippen molar-refractivity contribution in [2.75, 3.05) is 20.8 Å². The molecule has 3 aromatic rings. The molecule has 0 aliphatic heterocycles. The Morgan fingerprint density at radius 2 is 2.06 bits per heavy atom. The zero-order chi connectivity index (χ0) is 22.0. The van der Waals surface area contributed by atoms with Gasteiger partial charge in [0.2, 0.25) is 5.88 Å². The van der Waals surface area contributed by atoms with Crippen molar-refractivity contribution < 1.29 is 19.0 Å². The number of rotatable bonds is 8. The van der Waals surface area contributed by atoms with E-state index in [1.807, 2.05) is 23.6 Å². The van der Waals surface area contributed by atoms with Crippen molar-refractivity contribution in [1.82, 2.24) is 15.3 Å². The summed E-state index contributed by atoms with van der Waals surface area (Å²) in [6, 6.07) is 7.83. The number of aromatic nitrogens is 2. The van der Waals surface area contributed by atoms with Crippen LogP contribution in [0.15, 0.2) is 29.9 Å². The smallest absolute Gasteiger partial charge is 0.259 e. The van der Waals surface area contributed by atoms with Gasteiger partial charge in [0.1, 0.15) is 16.7 Å². The number of nitrogens with zero attached hydrogens (tertiary/aromatic N) is 3. The van der Waals surface area contributed by atoms with Gasteiger partial charge < -0.3 is 19.5 Å². The van der Waals surface area contributed by atoms with Crippen LogP contribution in [0.2, 0.25) is 0 Å². The average molecular weight is 439 g/mol. The molecule has 1 N–H and O–H groups in total. The largest absolute Gasteiger partial charge is 0.493 e.